The van der Waals surface area contributed by atoms with E-state index in [2.05, 4.69) is 43.4 Å². The Kier molecular flexibility index (Phi) is 4.61. The Morgan fingerprint density at radius 2 is 1.82 bits per heavy atom. The summed E-state index contributed by atoms with van der Waals surface area (Å²) in [5, 5.41) is 3.78. The van der Waals surface area contributed by atoms with Crippen molar-refractivity contribution in [3.63, 3.8) is 0 Å². The molecule has 1 aliphatic rings. The summed E-state index contributed by atoms with van der Waals surface area (Å²) in [6.45, 7) is 4.60. The fraction of sp³-hybridized carbons (Fsp3) is 0.625. The van der Waals surface area contributed by atoms with Gasteiger partial charge in [-0.1, -0.05) is 50.5 Å². The van der Waals surface area contributed by atoms with Crippen LogP contribution in [0.5, 0.6) is 0 Å². The maximum absolute atomic E-state index is 3.78. The highest BCUT2D eigenvalue weighted by molar-refractivity contribution is 5.33. The van der Waals surface area contributed by atoms with Crippen molar-refractivity contribution in [1.29, 1.82) is 0 Å². The van der Waals surface area contributed by atoms with Gasteiger partial charge < -0.3 is 5.32 Å². The summed E-state index contributed by atoms with van der Waals surface area (Å²) >= 11 is 0. The van der Waals surface area contributed by atoms with Crippen LogP contribution in [0.1, 0.15) is 50.7 Å². The third kappa shape index (κ3) is 3.57. The number of unbranched alkanes of at least 4 members (excludes halogenated alkanes) is 2. The van der Waals surface area contributed by atoms with Crippen molar-refractivity contribution in [2.24, 2.45) is 0 Å². The molecule has 0 bridgehead atoms. The molecule has 0 aromatic heterocycles. The highest BCUT2D eigenvalue weighted by Crippen LogP contribution is 2.22. The van der Waals surface area contributed by atoms with Crippen LogP contribution in [0, 0.1) is 0 Å². The predicted octanol–water partition coefficient (Wildman–Crippen LogP) is 3.71. The molecular weight excluding hydrogens is 206 g/mol. The second-order valence-corrected chi connectivity index (χ2v) is 5.44. The van der Waals surface area contributed by atoms with Crippen molar-refractivity contribution in [3.8, 4) is 0 Å². The fourth-order valence-electron chi connectivity index (χ4n) is 2.86. The summed E-state index contributed by atoms with van der Waals surface area (Å²) < 4.78 is 0. The summed E-state index contributed by atoms with van der Waals surface area (Å²) in [5.74, 6) is 0. The zero-order chi connectivity index (χ0) is 12.1. The van der Waals surface area contributed by atoms with Crippen molar-refractivity contribution < 1.29 is 0 Å². The first kappa shape index (κ1) is 12.6. The van der Waals surface area contributed by atoms with E-state index in [9.17, 15) is 0 Å². The van der Waals surface area contributed by atoms with Crippen LogP contribution in [0.15, 0.2) is 24.3 Å². The van der Waals surface area contributed by atoms with Gasteiger partial charge in [-0.15, -0.1) is 0 Å². The minimum absolute atomic E-state index is 0.667. The van der Waals surface area contributed by atoms with Crippen LogP contribution in [-0.4, -0.2) is 12.1 Å². The number of nitrogens with one attached hydrogen (secondary N) is 1. The van der Waals surface area contributed by atoms with Crippen LogP contribution in [0.4, 0.5) is 0 Å². The lowest BCUT2D eigenvalue weighted by molar-refractivity contribution is 0.423. The number of rotatable bonds is 6. The van der Waals surface area contributed by atoms with Gasteiger partial charge in [0.15, 0.2) is 0 Å². The topological polar surface area (TPSA) is 12.0 Å². The normalized spacial score (nSPS) is 17.1. The van der Waals surface area contributed by atoms with Gasteiger partial charge in [-0.3, -0.25) is 0 Å². The van der Waals surface area contributed by atoms with Crippen LogP contribution in [0.2, 0.25) is 0 Å². The number of benzene rings is 1. The van der Waals surface area contributed by atoms with Crippen molar-refractivity contribution in [2.75, 3.05) is 0 Å². The van der Waals surface area contributed by atoms with E-state index in [4.69, 9.17) is 0 Å². The van der Waals surface area contributed by atoms with E-state index >= 15 is 0 Å². The zero-order valence-corrected chi connectivity index (χ0v) is 11.2. The summed E-state index contributed by atoms with van der Waals surface area (Å²) in [6.07, 6.45) is 7.81. The van der Waals surface area contributed by atoms with Gasteiger partial charge in [0.2, 0.25) is 0 Å². The lowest BCUT2D eigenvalue weighted by atomic mass is 10.1. The Labute approximate surface area is 106 Å². The van der Waals surface area contributed by atoms with Gasteiger partial charge in [0.05, 0.1) is 0 Å². The van der Waals surface area contributed by atoms with Gasteiger partial charge in [0.25, 0.3) is 0 Å². The van der Waals surface area contributed by atoms with Crippen LogP contribution in [-0.2, 0) is 12.8 Å². The van der Waals surface area contributed by atoms with E-state index in [0.717, 1.165) is 0 Å². The standard InChI is InChI=1S/C16H25N/c1-3-4-5-8-13(2)17-16-11-14-9-6-7-10-15(14)12-16/h6-7,9-10,13,16-17H,3-5,8,11-12H2,1-2H3. The smallest absolute Gasteiger partial charge is 0.0150 e. The Morgan fingerprint density at radius 1 is 1.18 bits per heavy atom. The largest absolute Gasteiger partial charge is 0.311 e. The Morgan fingerprint density at radius 3 is 2.41 bits per heavy atom. The second kappa shape index (κ2) is 6.20. The van der Waals surface area contributed by atoms with Gasteiger partial charge in [0.1, 0.15) is 0 Å². The molecule has 0 amide bonds. The van der Waals surface area contributed by atoms with E-state index < -0.39 is 0 Å². The van der Waals surface area contributed by atoms with E-state index in [0.29, 0.717) is 12.1 Å². The van der Waals surface area contributed by atoms with E-state index in [1.165, 1.54) is 38.5 Å². The molecule has 1 aromatic rings. The van der Waals surface area contributed by atoms with Crippen molar-refractivity contribution in [1.82, 2.24) is 5.32 Å². The van der Waals surface area contributed by atoms with Gasteiger partial charge in [0, 0.05) is 12.1 Å². The Hall–Kier alpha value is -0.820. The third-order valence-electron chi connectivity index (χ3n) is 3.81. The first-order valence-electron chi connectivity index (χ1n) is 7.12. The van der Waals surface area contributed by atoms with Gasteiger partial charge >= 0.3 is 0 Å². The van der Waals surface area contributed by atoms with E-state index in [-0.39, 0.29) is 0 Å². The predicted molar refractivity (Wildman–Crippen MR) is 74.4 cm³/mol. The molecular formula is C16H25N. The summed E-state index contributed by atoms with van der Waals surface area (Å²) in [5.41, 5.74) is 3.09. The highest BCUT2D eigenvalue weighted by atomic mass is 14.9. The highest BCUT2D eigenvalue weighted by Gasteiger charge is 2.21. The average Bonchev–Trinajstić information content (AvgIpc) is 2.71. The number of fused-ring (bicyclic) bond motifs is 1. The molecule has 2 rings (SSSR count). The van der Waals surface area contributed by atoms with Crippen LogP contribution >= 0.6 is 0 Å². The molecule has 17 heavy (non-hydrogen) atoms. The second-order valence-electron chi connectivity index (χ2n) is 5.44. The van der Waals surface area contributed by atoms with Crippen molar-refractivity contribution >= 4 is 0 Å². The molecule has 0 radical (unpaired) electrons. The molecule has 0 aliphatic heterocycles. The lowest BCUT2D eigenvalue weighted by Crippen LogP contribution is -2.37. The zero-order valence-electron chi connectivity index (χ0n) is 11.2. The molecule has 0 heterocycles. The molecule has 1 aromatic carbocycles. The Balaban J connectivity index is 1.75. The lowest BCUT2D eigenvalue weighted by Gasteiger charge is -2.19. The maximum Gasteiger partial charge on any atom is 0.0150 e. The van der Waals surface area contributed by atoms with Crippen LogP contribution in [0.25, 0.3) is 0 Å². The average molecular weight is 231 g/mol. The molecule has 1 N–H and O–H groups in total. The van der Waals surface area contributed by atoms with Gasteiger partial charge in [-0.25, -0.2) is 0 Å². The molecule has 1 aliphatic carbocycles. The SMILES string of the molecule is CCCCCC(C)NC1Cc2ccccc2C1. The van der Waals surface area contributed by atoms with Crippen LogP contribution < -0.4 is 5.32 Å². The molecule has 0 spiro atoms. The third-order valence-corrected chi connectivity index (χ3v) is 3.81. The molecule has 1 unspecified atom stereocenters. The van der Waals surface area contributed by atoms with Crippen LogP contribution in [0.3, 0.4) is 0 Å². The number of hydrogen-bond acceptors (Lipinski definition) is 1. The van der Waals surface area contributed by atoms with Crippen molar-refractivity contribution in [2.45, 2.75) is 64.5 Å². The molecule has 1 nitrogen and oxygen atoms in total. The first-order chi connectivity index (χ1) is 8.29. The monoisotopic (exact) mass is 231 g/mol. The minimum Gasteiger partial charge on any atom is -0.311 e. The van der Waals surface area contributed by atoms with Gasteiger partial charge in [-0.05, 0) is 37.3 Å². The molecule has 94 valence electrons. The molecule has 0 saturated heterocycles. The van der Waals surface area contributed by atoms with E-state index in [1.54, 1.807) is 11.1 Å². The maximum atomic E-state index is 3.78. The summed E-state index contributed by atoms with van der Waals surface area (Å²) in [7, 11) is 0. The van der Waals surface area contributed by atoms with E-state index in [1.807, 2.05) is 0 Å². The molecule has 0 saturated carbocycles. The fourth-order valence-corrected chi connectivity index (χ4v) is 2.86. The van der Waals surface area contributed by atoms with Crippen molar-refractivity contribution in [3.05, 3.63) is 35.4 Å². The summed E-state index contributed by atoms with van der Waals surface area (Å²) in [6, 6.07) is 10.2. The molecule has 1 heteroatoms. The Bertz CT molecular complexity index is 320. The molecule has 1 atom stereocenters. The quantitative estimate of drug-likeness (QED) is 0.736. The minimum atomic E-state index is 0.667. The number of hydrogen-bond donors (Lipinski definition) is 1. The molecule has 0 fully saturated rings. The summed E-state index contributed by atoms with van der Waals surface area (Å²) in [4.78, 5) is 0. The van der Waals surface area contributed by atoms with Gasteiger partial charge in [-0.2, -0.15) is 0 Å². The first-order valence-corrected chi connectivity index (χ1v) is 7.12.